The maximum Gasteiger partial charge on any atom is 0.120 e. The third-order valence-electron chi connectivity index (χ3n) is 5.74. The first-order valence-corrected chi connectivity index (χ1v) is 15.9. The van der Waals surface area contributed by atoms with Crippen LogP contribution in [0.15, 0.2) is 109 Å². The first-order chi connectivity index (χ1) is 19.8. The molecule has 0 aliphatic heterocycles. The maximum absolute atomic E-state index is 5.74. The molecule has 0 unspecified atom stereocenters. The number of alkyl halides is 2. The average molecular weight is 670 g/mol. The van der Waals surface area contributed by atoms with E-state index < -0.39 is 0 Å². The quantitative estimate of drug-likeness (QED) is 0.0879. The van der Waals surface area contributed by atoms with Gasteiger partial charge in [0.15, 0.2) is 0 Å². The Morgan fingerprint density at radius 1 is 0.375 bits per heavy atom. The predicted molar refractivity (Wildman–Crippen MR) is 171 cm³/mol. The van der Waals surface area contributed by atoms with Crippen LogP contribution in [0, 0.1) is 0 Å². The van der Waals surface area contributed by atoms with Gasteiger partial charge in [-0.3, -0.25) is 0 Å². The van der Waals surface area contributed by atoms with Gasteiger partial charge in [0.2, 0.25) is 0 Å². The van der Waals surface area contributed by atoms with Gasteiger partial charge in [-0.25, -0.2) is 0 Å². The molecule has 6 heteroatoms. The van der Waals surface area contributed by atoms with Gasteiger partial charge >= 0.3 is 0 Å². The summed E-state index contributed by atoms with van der Waals surface area (Å²) in [5, 5.41) is 2.03. The van der Waals surface area contributed by atoms with E-state index in [-0.39, 0.29) is 0 Å². The molecule has 0 aliphatic rings. The van der Waals surface area contributed by atoms with E-state index in [2.05, 4.69) is 56.1 Å². The summed E-state index contributed by atoms with van der Waals surface area (Å²) in [6, 6.07) is 35.9. The van der Waals surface area contributed by atoms with Gasteiger partial charge in [0, 0.05) is 10.7 Å². The largest absolute Gasteiger partial charge is 0.494 e. The monoisotopic (exact) mass is 668 g/mol. The van der Waals surface area contributed by atoms with Crippen LogP contribution in [-0.4, -0.2) is 23.9 Å². The van der Waals surface area contributed by atoms with Crippen molar-refractivity contribution in [1.29, 1.82) is 0 Å². The van der Waals surface area contributed by atoms with Gasteiger partial charge < -0.3 is 18.9 Å². The Balaban J connectivity index is 0.000000222. The standard InChI is InChI=1S/C18H21BrO2.C16H17BrO2/c19-13-5-2-6-14-20-17-9-11-18(12-10-17)21-15-16-7-3-1-4-8-16;17-11-4-12-18-15-7-9-16(10-8-15)19-13-14-5-2-1-3-6-14/h1,3-4,7-12H,2,5-6,13-15H2;1-3,5-10H,4,11-13H2. The Labute approximate surface area is 255 Å². The van der Waals surface area contributed by atoms with Gasteiger partial charge in [0.1, 0.15) is 36.2 Å². The van der Waals surface area contributed by atoms with Crippen molar-refractivity contribution in [1.82, 2.24) is 0 Å². The SMILES string of the molecule is BrCCCCCOc1ccc(OCc2ccccc2)cc1.BrCCCOc1ccc(OCc2ccccc2)cc1. The molecule has 0 heterocycles. The number of halogens is 2. The van der Waals surface area contributed by atoms with Crippen LogP contribution in [0.25, 0.3) is 0 Å². The molecule has 212 valence electrons. The van der Waals surface area contributed by atoms with Gasteiger partial charge in [-0.1, -0.05) is 92.5 Å². The Morgan fingerprint density at radius 2 is 0.750 bits per heavy atom. The molecule has 0 bridgehead atoms. The van der Waals surface area contributed by atoms with Gasteiger partial charge in [-0.2, -0.15) is 0 Å². The summed E-state index contributed by atoms with van der Waals surface area (Å²) in [5.74, 6) is 3.51. The minimum atomic E-state index is 0.588. The molecule has 4 aromatic rings. The summed E-state index contributed by atoms with van der Waals surface area (Å²) in [4.78, 5) is 0. The lowest BCUT2D eigenvalue weighted by atomic mass is 10.2. The predicted octanol–water partition coefficient (Wildman–Crippen LogP) is 9.64. The van der Waals surface area contributed by atoms with Crippen LogP contribution in [-0.2, 0) is 13.2 Å². The zero-order valence-corrected chi connectivity index (χ0v) is 26.0. The van der Waals surface area contributed by atoms with Crippen molar-refractivity contribution < 1.29 is 18.9 Å². The molecule has 0 atom stereocenters. The molecule has 0 fully saturated rings. The van der Waals surface area contributed by atoms with Gasteiger partial charge in [0.05, 0.1) is 13.2 Å². The Morgan fingerprint density at radius 3 is 1.15 bits per heavy atom. The van der Waals surface area contributed by atoms with Crippen LogP contribution in [0.3, 0.4) is 0 Å². The highest BCUT2D eigenvalue weighted by atomic mass is 79.9. The fourth-order valence-electron chi connectivity index (χ4n) is 3.55. The second kappa shape index (κ2) is 20.0. The highest BCUT2D eigenvalue weighted by molar-refractivity contribution is 9.09. The minimum Gasteiger partial charge on any atom is -0.494 e. The molecule has 0 radical (unpaired) electrons. The minimum absolute atomic E-state index is 0.588. The van der Waals surface area contributed by atoms with Crippen molar-refractivity contribution in [2.45, 2.75) is 38.9 Å². The second-order valence-electron chi connectivity index (χ2n) is 8.98. The number of benzene rings is 4. The van der Waals surface area contributed by atoms with E-state index in [1.165, 1.54) is 24.0 Å². The van der Waals surface area contributed by atoms with Crippen LogP contribution >= 0.6 is 31.9 Å². The van der Waals surface area contributed by atoms with Crippen molar-refractivity contribution in [3.05, 3.63) is 120 Å². The second-order valence-corrected chi connectivity index (χ2v) is 10.6. The molecule has 0 saturated carbocycles. The van der Waals surface area contributed by atoms with Crippen LogP contribution in [0.4, 0.5) is 0 Å². The lowest BCUT2D eigenvalue weighted by Gasteiger charge is -2.08. The van der Waals surface area contributed by atoms with E-state index in [4.69, 9.17) is 18.9 Å². The molecule has 0 saturated heterocycles. The molecule has 4 aromatic carbocycles. The molecular weight excluding hydrogens is 632 g/mol. The van der Waals surface area contributed by atoms with Gasteiger partial charge in [-0.15, -0.1) is 0 Å². The van der Waals surface area contributed by atoms with Crippen molar-refractivity contribution in [3.63, 3.8) is 0 Å². The zero-order chi connectivity index (χ0) is 28.1. The van der Waals surface area contributed by atoms with E-state index >= 15 is 0 Å². The summed E-state index contributed by atoms with van der Waals surface area (Å²) in [5.41, 5.74) is 2.34. The average Bonchev–Trinajstić information content (AvgIpc) is 3.02. The van der Waals surface area contributed by atoms with Crippen molar-refractivity contribution >= 4 is 31.9 Å². The fourth-order valence-corrected chi connectivity index (χ4v) is 4.18. The van der Waals surface area contributed by atoms with Crippen molar-refractivity contribution in [3.8, 4) is 23.0 Å². The first-order valence-electron chi connectivity index (χ1n) is 13.7. The number of hydrogen-bond donors (Lipinski definition) is 0. The van der Waals surface area contributed by atoms with E-state index in [1.54, 1.807) is 0 Å². The Bertz CT molecular complexity index is 1150. The highest BCUT2D eigenvalue weighted by Crippen LogP contribution is 2.20. The Hall–Kier alpha value is -2.96. The number of hydrogen-bond acceptors (Lipinski definition) is 4. The van der Waals surface area contributed by atoms with Crippen molar-refractivity contribution in [2.24, 2.45) is 0 Å². The number of rotatable bonds is 16. The number of ether oxygens (including phenoxy) is 4. The molecule has 0 amide bonds. The summed E-state index contributed by atoms with van der Waals surface area (Å²) in [6.07, 6.45) is 4.50. The van der Waals surface area contributed by atoms with Crippen LogP contribution in [0.5, 0.6) is 23.0 Å². The summed E-state index contributed by atoms with van der Waals surface area (Å²) in [6.45, 7) is 2.69. The van der Waals surface area contributed by atoms with Crippen LogP contribution < -0.4 is 18.9 Å². The molecule has 0 aromatic heterocycles. The summed E-state index contributed by atoms with van der Waals surface area (Å²) >= 11 is 6.81. The van der Waals surface area contributed by atoms with E-state index in [1.807, 2.05) is 84.9 Å². The summed E-state index contributed by atoms with van der Waals surface area (Å²) < 4.78 is 22.7. The number of unbranched alkanes of at least 4 members (excludes halogenated alkanes) is 2. The first kappa shape index (κ1) is 31.6. The van der Waals surface area contributed by atoms with E-state index in [0.717, 1.165) is 59.7 Å². The molecule has 4 rings (SSSR count). The third-order valence-corrected chi connectivity index (χ3v) is 6.86. The normalized spacial score (nSPS) is 10.2. The molecule has 0 N–H and O–H groups in total. The molecule has 40 heavy (non-hydrogen) atoms. The smallest absolute Gasteiger partial charge is 0.120 e. The van der Waals surface area contributed by atoms with Gasteiger partial charge in [0.25, 0.3) is 0 Å². The molecule has 4 nitrogen and oxygen atoms in total. The van der Waals surface area contributed by atoms with E-state index in [9.17, 15) is 0 Å². The third kappa shape index (κ3) is 13.4. The van der Waals surface area contributed by atoms with Crippen molar-refractivity contribution in [2.75, 3.05) is 23.9 Å². The maximum atomic E-state index is 5.74. The summed E-state index contributed by atoms with van der Waals surface area (Å²) in [7, 11) is 0. The fraction of sp³-hybridized carbons (Fsp3) is 0.294. The lowest BCUT2D eigenvalue weighted by Crippen LogP contribution is -1.98. The van der Waals surface area contributed by atoms with E-state index in [0.29, 0.717) is 13.2 Å². The molecular formula is C34H38Br2O4. The lowest BCUT2D eigenvalue weighted by molar-refractivity contribution is 0.298. The Kier molecular flexibility index (Phi) is 15.8. The van der Waals surface area contributed by atoms with Gasteiger partial charge in [-0.05, 0) is 85.3 Å². The molecule has 0 spiro atoms. The van der Waals surface area contributed by atoms with Crippen LogP contribution in [0.1, 0.15) is 36.8 Å². The highest BCUT2D eigenvalue weighted by Gasteiger charge is 1.99. The zero-order valence-electron chi connectivity index (χ0n) is 22.9. The topological polar surface area (TPSA) is 36.9 Å². The van der Waals surface area contributed by atoms with Crippen LogP contribution in [0.2, 0.25) is 0 Å². The molecule has 0 aliphatic carbocycles.